The maximum absolute atomic E-state index is 10.1. The van der Waals surface area contributed by atoms with Gasteiger partial charge in [-0.25, -0.2) is 0 Å². The molecule has 0 bridgehead atoms. The second-order valence-electron chi connectivity index (χ2n) is 5.94. The first-order chi connectivity index (χ1) is 9.95. The van der Waals surface area contributed by atoms with E-state index in [2.05, 4.69) is 16.8 Å². The summed E-state index contributed by atoms with van der Waals surface area (Å²) in [5.74, 6) is 0.770. The van der Waals surface area contributed by atoms with Gasteiger partial charge in [-0.15, -0.1) is 0 Å². The molecule has 0 aliphatic carbocycles. The van der Waals surface area contributed by atoms with Crippen molar-refractivity contribution in [1.82, 2.24) is 9.80 Å². The molecule has 0 saturated carbocycles. The standard InChI is InChI=1S/C16H25ClN2O2/c1-12-8-15(9-13(2)16(12)17)21-11-14(20)10-19-6-4-18(3)5-7-19/h8-9,14,20H,4-7,10-11H2,1-3H3/t14-/m1/s1. The quantitative estimate of drug-likeness (QED) is 0.901. The molecule has 1 heterocycles. The van der Waals surface area contributed by atoms with Crippen LogP contribution in [0.15, 0.2) is 12.1 Å². The lowest BCUT2D eigenvalue weighted by Gasteiger charge is -2.33. The summed E-state index contributed by atoms with van der Waals surface area (Å²) in [4.78, 5) is 4.59. The summed E-state index contributed by atoms with van der Waals surface area (Å²) in [5.41, 5.74) is 2.00. The Morgan fingerprint density at radius 1 is 1.19 bits per heavy atom. The molecule has 1 fully saturated rings. The van der Waals surface area contributed by atoms with Crippen LogP contribution in [-0.4, -0.2) is 67.4 Å². The van der Waals surface area contributed by atoms with Gasteiger partial charge in [-0.3, -0.25) is 4.90 Å². The van der Waals surface area contributed by atoms with Crippen molar-refractivity contribution < 1.29 is 9.84 Å². The van der Waals surface area contributed by atoms with E-state index in [9.17, 15) is 5.11 Å². The van der Waals surface area contributed by atoms with Gasteiger partial charge in [0, 0.05) is 37.7 Å². The molecular weight excluding hydrogens is 288 g/mol. The molecular formula is C16H25ClN2O2. The molecule has 1 atom stereocenters. The second kappa shape index (κ2) is 7.45. The Bertz CT molecular complexity index is 450. The Morgan fingerprint density at radius 2 is 1.76 bits per heavy atom. The molecule has 21 heavy (non-hydrogen) atoms. The molecule has 1 aromatic rings. The molecule has 1 N–H and O–H groups in total. The summed E-state index contributed by atoms with van der Waals surface area (Å²) >= 11 is 6.14. The van der Waals surface area contributed by atoms with Crippen LogP contribution >= 0.6 is 11.6 Å². The number of halogens is 1. The number of hydrogen-bond donors (Lipinski definition) is 1. The third kappa shape index (κ3) is 4.85. The maximum atomic E-state index is 10.1. The van der Waals surface area contributed by atoms with E-state index in [4.69, 9.17) is 16.3 Å². The molecule has 0 spiro atoms. The fraction of sp³-hybridized carbons (Fsp3) is 0.625. The summed E-state index contributed by atoms with van der Waals surface area (Å²) in [6, 6.07) is 3.83. The topological polar surface area (TPSA) is 35.9 Å². The summed E-state index contributed by atoms with van der Waals surface area (Å²) in [5, 5.41) is 10.9. The molecule has 1 saturated heterocycles. The molecule has 0 aromatic heterocycles. The Labute approximate surface area is 132 Å². The number of likely N-dealkylation sites (N-methyl/N-ethyl adjacent to an activating group) is 1. The van der Waals surface area contributed by atoms with Crippen LogP contribution in [-0.2, 0) is 0 Å². The van der Waals surface area contributed by atoms with Gasteiger partial charge in [-0.2, -0.15) is 0 Å². The Morgan fingerprint density at radius 3 is 2.33 bits per heavy atom. The van der Waals surface area contributed by atoms with Crippen molar-refractivity contribution in [3.8, 4) is 5.75 Å². The normalized spacial score (nSPS) is 18.7. The average Bonchev–Trinajstić information content (AvgIpc) is 2.45. The minimum Gasteiger partial charge on any atom is -0.491 e. The van der Waals surface area contributed by atoms with Gasteiger partial charge in [0.1, 0.15) is 18.5 Å². The highest BCUT2D eigenvalue weighted by Crippen LogP contribution is 2.25. The van der Waals surface area contributed by atoms with Crippen molar-refractivity contribution in [2.24, 2.45) is 0 Å². The third-order valence-corrected chi connectivity index (χ3v) is 4.51. The summed E-state index contributed by atoms with van der Waals surface area (Å²) < 4.78 is 5.70. The van der Waals surface area contributed by atoms with Crippen LogP contribution in [0.4, 0.5) is 0 Å². The molecule has 0 radical (unpaired) electrons. The van der Waals surface area contributed by atoms with E-state index >= 15 is 0 Å². The van der Waals surface area contributed by atoms with Crippen molar-refractivity contribution in [2.45, 2.75) is 20.0 Å². The van der Waals surface area contributed by atoms with E-state index in [1.807, 2.05) is 26.0 Å². The summed E-state index contributed by atoms with van der Waals surface area (Å²) in [7, 11) is 2.13. The molecule has 5 heteroatoms. The molecule has 0 amide bonds. The van der Waals surface area contributed by atoms with Crippen LogP contribution in [0.5, 0.6) is 5.75 Å². The number of ether oxygens (including phenoxy) is 1. The van der Waals surface area contributed by atoms with Crippen molar-refractivity contribution in [3.05, 3.63) is 28.3 Å². The van der Waals surface area contributed by atoms with E-state index in [1.165, 1.54) is 0 Å². The largest absolute Gasteiger partial charge is 0.491 e. The number of piperazine rings is 1. The van der Waals surface area contributed by atoms with E-state index in [-0.39, 0.29) is 0 Å². The van der Waals surface area contributed by atoms with Crippen molar-refractivity contribution >= 4 is 11.6 Å². The zero-order valence-corrected chi connectivity index (χ0v) is 13.9. The van der Waals surface area contributed by atoms with Crippen LogP contribution in [0.25, 0.3) is 0 Å². The monoisotopic (exact) mass is 312 g/mol. The van der Waals surface area contributed by atoms with Crippen LogP contribution in [0.3, 0.4) is 0 Å². The SMILES string of the molecule is Cc1cc(OC[C@H](O)CN2CCN(C)CC2)cc(C)c1Cl. The van der Waals surface area contributed by atoms with Gasteiger partial charge >= 0.3 is 0 Å². The molecule has 4 nitrogen and oxygen atoms in total. The number of hydrogen-bond acceptors (Lipinski definition) is 4. The van der Waals surface area contributed by atoms with Gasteiger partial charge < -0.3 is 14.7 Å². The predicted molar refractivity (Wildman–Crippen MR) is 86.4 cm³/mol. The average molecular weight is 313 g/mol. The predicted octanol–water partition coefficient (Wildman–Crippen LogP) is 1.94. The molecule has 2 rings (SSSR count). The van der Waals surface area contributed by atoms with Gasteiger partial charge in [0.2, 0.25) is 0 Å². The lowest BCUT2D eigenvalue weighted by atomic mass is 10.1. The highest BCUT2D eigenvalue weighted by atomic mass is 35.5. The number of aryl methyl sites for hydroxylation is 2. The van der Waals surface area contributed by atoms with Gasteiger partial charge in [0.25, 0.3) is 0 Å². The minimum absolute atomic E-state index is 0.312. The Hall–Kier alpha value is -0.810. The number of aliphatic hydroxyl groups excluding tert-OH is 1. The maximum Gasteiger partial charge on any atom is 0.120 e. The number of β-amino-alcohol motifs (C(OH)–C–C–N with tert-alkyl or cyclic N) is 1. The highest BCUT2D eigenvalue weighted by Gasteiger charge is 2.17. The fourth-order valence-electron chi connectivity index (χ4n) is 2.56. The first kappa shape index (κ1) is 16.6. The Kier molecular flexibility index (Phi) is 5.88. The van der Waals surface area contributed by atoms with Crippen LogP contribution in [0.1, 0.15) is 11.1 Å². The van der Waals surface area contributed by atoms with E-state index in [0.29, 0.717) is 13.2 Å². The van der Waals surface area contributed by atoms with Gasteiger partial charge in [0.05, 0.1) is 0 Å². The first-order valence-corrected chi connectivity index (χ1v) is 7.82. The van der Waals surface area contributed by atoms with Crippen LogP contribution in [0.2, 0.25) is 5.02 Å². The zero-order valence-electron chi connectivity index (χ0n) is 13.1. The van der Waals surface area contributed by atoms with Crippen LogP contribution in [0, 0.1) is 13.8 Å². The van der Waals surface area contributed by atoms with E-state index < -0.39 is 6.10 Å². The van der Waals surface area contributed by atoms with E-state index in [0.717, 1.165) is 48.1 Å². The van der Waals surface area contributed by atoms with Crippen molar-refractivity contribution in [2.75, 3.05) is 46.4 Å². The third-order valence-electron chi connectivity index (χ3n) is 3.92. The smallest absolute Gasteiger partial charge is 0.120 e. The lowest BCUT2D eigenvalue weighted by molar-refractivity contribution is 0.0504. The molecule has 118 valence electrons. The van der Waals surface area contributed by atoms with Gasteiger partial charge in [-0.05, 0) is 44.2 Å². The number of benzene rings is 1. The molecule has 1 aliphatic rings. The minimum atomic E-state index is -0.468. The van der Waals surface area contributed by atoms with E-state index in [1.54, 1.807) is 0 Å². The summed E-state index contributed by atoms with van der Waals surface area (Å²) in [6.07, 6.45) is -0.468. The fourth-order valence-corrected chi connectivity index (χ4v) is 2.67. The lowest BCUT2D eigenvalue weighted by Crippen LogP contribution is -2.47. The second-order valence-corrected chi connectivity index (χ2v) is 6.32. The number of aliphatic hydroxyl groups is 1. The molecule has 1 aliphatic heterocycles. The van der Waals surface area contributed by atoms with Crippen molar-refractivity contribution in [1.29, 1.82) is 0 Å². The number of rotatable bonds is 5. The van der Waals surface area contributed by atoms with Crippen LogP contribution < -0.4 is 4.74 Å². The Balaban J connectivity index is 1.80. The zero-order chi connectivity index (χ0) is 15.4. The molecule has 1 aromatic carbocycles. The molecule has 0 unspecified atom stereocenters. The van der Waals surface area contributed by atoms with Gasteiger partial charge in [0.15, 0.2) is 0 Å². The first-order valence-electron chi connectivity index (χ1n) is 7.44. The number of nitrogens with zero attached hydrogens (tertiary/aromatic N) is 2. The summed E-state index contributed by atoms with van der Waals surface area (Å²) in [6.45, 7) is 9.03. The highest BCUT2D eigenvalue weighted by molar-refractivity contribution is 6.32. The van der Waals surface area contributed by atoms with Crippen molar-refractivity contribution in [3.63, 3.8) is 0 Å². The van der Waals surface area contributed by atoms with Gasteiger partial charge in [-0.1, -0.05) is 11.6 Å².